The number of benzene rings is 2. The Hall–Kier alpha value is -3.28. The summed E-state index contributed by atoms with van der Waals surface area (Å²) in [5.74, 6) is -0.149. The zero-order chi connectivity index (χ0) is 18.5. The molecule has 0 atom stereocenters. The predicted octanol–water partition coefficient (Wildman–Crippen LogP) is 4.48. The minimum atomic E-state index is -0.310. The van der Waals surface area contributed by atoms with Gasteiger partial charge in [0.2, 0.25) is 0 Å². The minimum Gasteiger partial charge on any atom is -0.339 e. The van der Waals surface area contributed by atoms with Crippen molar-refractivity contribution in [2.75, 3.05) is 10.6 Å². The Morgan fingerprint density at radius 3 is 2.50 bits per heavy atom. The summed E-state index contributed by atoms with van der Waals surface area (Å²) in [7, 11) is 0. The number of para-hydroxylation sites is 1. The van der Waals surface area contributed by atoms with Crippen LogP contribution in [0.5, 0.6) is 0 Å². The molecule has 26 heavy (non-hydrogen) atoms. The first-order valence-corrected chi connectivity index (χ1v) is 8.31. The molecule has 0 fully saturated rings. The SMILES string of the molecule is CCc1cccc(C)c1NC(=O)c1cnc(Nc2ccc(F)cc2)cn1. The molecule has 2 aromatic carbocycles. The fourth-order valence-corrected chi connectivity index (χ4v) is 2.57. The quantitative estimate of drug-likeness (QED) is 0.712. The molecule has 3 aromatic rings. The lowest BCUT2D eigenvalue weighted by molar-refractivity contribution is 0.102. The molecular formula is C20H19FN4O. The summed E-state index contributed by atoms with van der Waals surface area (Å²) in [4.78, 5) is 20.8. The number of aromatic nitrogens is 2. The second-order valence-electron chi connectivity index (χ2n) is 5.84. The van der Waals surface area contributed by atoms with Gasteiger partial charge in [-0.3, -0.25) is 4.79 Å². The van der Waals surface area contributed by atoms with Crippen molar-refractivity contribution < 1.29 is 9.18 Å². The number of nitrogens with zero attached hydrogens (tertiary/aromatic N) is 2. The molecule has 1 amide bonds. The number of hydrogen-bond donors (Lipinski definition) is 2. The Bertz CT molecular complexity index is 908. The zero-order valence-electron chi connectivity index (χ0n) is 14.6. The molecule has 132 valence electrons. The van der Waals surface area contributed by atoms with Crippen molar-refractivity contribution in [3.8, 4) is 0 Å². The molecule has 1 aromatic heterocycles. The molecule has 0 radical (unpaired) electrons. The van der Waals surface area contributed by atoms with Gasteiger partial charge in [0.15, 0.2) is 0 Å². The van der Waals surface area contributed by atoms with Crippen molar-refractivity contribution in [3.05, 3.63) is 77.5 Å². The van der Waals surface area contributed by atoms with Gasteiger partial charge in [-0.2, -0.15) is 0 Å². The van der Waals surface area contributed by atoms with Gasteiger partial charge in [0.05, 0.1) is 12.4 Å². The lowest BCUT2D eigenvalue weighted by atomic mass is 10.1. The van der Waals surface area contributed by atoms with Crippen molar-refractivity contribution >= 4 is 23.1 Å². The topological polar surface area (TPSA) is 66.9 Å². The molecule has 5 nitrogen and oxygen atoms in total. The maximum atomic E-state index is 12.9. The Balaban J connectivity index is 1.72. The molecule has 2 N–H and O–H groups in total. The largest absolute Gasteiger partial charge is 0.339 e. The molecule has 0 bridgehead atoms. The van der Waals surface area contributed by atoms with Crippen molar-refractivity contribution in [3.63, 3.8) is 0 Å². The third-order valence-electron chi connectivity index (χ3n) is 3.98. The highest BCUT2D eigenvalue weighted by Crippen LogP contribution is 2.22. The van der Waals surface area contributed by atoms with Gasteiger partial charge in [0.1, 0.15) is 17.3 Å². The summed E-state index contributed by atoms with van der Waals surface area (Å²) in [5, 5.41) is 5.92. The first kappa shape index (κ1) is 17.5. The van der Waals surface area contributed by atoms with Gasteiger partial charge >= 0.3 is 0 Å². The molecule has 0 aliphatic heterocycles. The summed E-state index contributed by atoms with van der Waals surface area (Å²) in [5.41, 5.74) is 3.79. The first-order chi connectivity index (χ1) is 12.6. The smallest absolute Gasteiger partial charge is 0.275 e. The molecule has 0 aliphatic rings. The van der Waals surface area contributed by atoms with Crippen LogP contribution in [0.15, 0.2) is 54.9 Å². The maximum absolute atomic E-state index is 12.9. The fourth-order valence-electron chi connectivity index (χ4n) is 2.57. The lowest BCUT2D eigenvalue weighted by Crippen LogP contribution is -2.16. The molecule has 0 aliphatic carbocycles. The summed E-state index contributed by atoms with van der Waals surface area (Å²) >= 11 is 0. The van der Waals surface area contributed by atoms with E-state index < -0.39 is 0 Å². The van der Waals surface area contributed by atoms with Crippen LogP contribution in [0.1, 0.15) is 28.5 Å². The normalized spacial score (nSPS) is 10.4. The van der Waals surface area contributed by atoms with E-state index in [1.807, 2.05) is 32.0 Å². The Kier molecular flexibility index (Phi) is 5.22. The second-order valence-corrected chi connectivity index (χ2v) is 5.84. The standard InChI is InChI=1S/C20H19FN4O/c1-3-14-6-4-5-13(2)19(14)25-20(26)17-11-23-18(12-22-17)24-16-9-7-15(21)8-10-16/h4-12H,3H2,1-2H3,(H,23,24)(H,25,26). The number of anilines is 3. The number of hydrogen-bond acceptors (Lipinski definition) is 4. The van der Waals surface area contributed by atoms with Crippen molar-refractivity contribution in [2.24, 2.45) is 0 Å². The highest BCUT2D eigenvalue weighted by molar-refractivity contribution is 6.03. The van der Waals surface area contributed by atoms with Crippen LogP contribution in [0.25, 0.3) is 0 Å². The highest BCUT2D eigenvalue weighted by Gasteiger charge is 2.12. The van der Waals surface area contributed by atoms with Crippen LogP contribution in [0, 0.1) is 12.7 Å². The van der Waals surface area contributed by atoms with E-state index in [2.05, 4.69) is 20.6 Å². The van der Waals surface area contributed by atoms with Crippen molar-refractivity contribution in [1.29, 1.82) is 0 Å². The lowest BCUT2D eigenvalue weighted by Gasteiger charge is -2.12. The molecule has 1 heterocycles. The third kappa shape index (κ3) is 4.03. The van der Waals surface area contributed by atoms with Gasteiger partial charge in [-0.05, 0) is 48.7 Å². The van der Waals surface area contributed by atoms with E-state index in [0.717, 1.165) is 23.2 Å². The van der Waals surface area contributed by atoms with Gasteiger partial charge in [-0.1, -0.05) is 25.1 Å². The van der Waals surface area contributed by atoms with Crippen LogP contribution in [-0.4, -0.2) is 15.9 Å². The van der Waals surface area contributed by atoms with Gasteiger partial charge in [0.25, 0.3) is 5.91 Å². The van der Waals surface area contributed by atoms with Gasteiger partial charge in [-0.25, -0.2) is 14.4 Å². The van der Waals surface area contributed by atoms with Gasteiger partial charge in [-0.15, -0.1) is 0 Å². The molecule has 0 saturated carbocycles. The molecule has 0 spiro atoms. The van der Waals surface area contributed by atoms with E-state index in [1.54, 1.807) is 12.1 Å². The number of carbonyl (C=O) groups is 1. The number of amides is 1. The number of nitrogens with one attached hydrogen (secondary N) is 2. The Labute approximate surface area is 151 Å². The van der Waals surface area contributed by atoms with Crippen LogP contribution in [0.4, 0.5) is 21.6 Å². The molecule has 6 heteroatoms. The Morgan fingerprint density at radius 2 is 1.85 bits per heavy atom. The predicted molar refractivity (Wildman–Crippen MR) is 100 cm³/mol. The van der Waals surface area contributed by atoms with E-state index in [1.165, 1.54) is 24.5 Å². The summed E-state index contributed by atoms with van der Waals surface area (Å²) in [6.45, 7) is 4.00. The van der Waals surface area contributed by atoms with E-state index in [9.17, 15) is 9.18 Å². The van der Waals surface area contributed by atoms with E-state index >= 15 is 0 Å². The summed E-state index contributed by atoms with van der Waals surface area (Å²) in [6, 6.07) is 11.8. The number of aryl methyl sites for hydroxylation is 2. The Morgan fingerprint density at radius 1 is 1.08 bits per heavy atom. The number of carbonyl (C=O) groups excluding carboxylic acids is 1. The van der Waals surface area contributed by atoms with Gasteiger partial charge in [0, 0.05) is 11.4 Å². The minimum absolute atomic E-state index is 0.222. The molecular weight excluding hydrogens is 331 g/mol. The molecule has 0 unspecified atom stereocenters. The average Bonchev–Trinajstić information content (AvgIpc) is 2.65. The van der Waals surface area contributed by atoms with Gasteiger partial charge < -0.3 is 10.6 Å². The van der Waals surface area contributed by atoms with Crippen LogP contribution in [0.3, 0.4) is 0 Å². The average molecular weight is 350 g/mol. The second kappa shape index (κ2) is 7.74. The maximum Gasteiger partial charge on any atom is 0.275 e. The van der Waals surface area contributed by atoms with Crippen molar-refractivity contribution in [1.82, 2.24) is 9.97 Å². The summed E-state index contributed by atoms with van der Waals surface area (Å²) < 4.78 is 12.9. The zero-order valence-corrected chi connectivity index (χ0v) is 14.6. The van der Waals surface area contributed by atoms with Crippen molar-refractivity contribution in [2.45, 2.75) is 20.3 Å². The third-order valence-corrected chi connectivity index (χ3v) is 3.98. The number of halogens is 1. The van der Waals surface area contributed by atoms with Crippen LogP contribution in [0.2, 0.25) is 0 Å². The summed E-state index contributed by atoms with van der Waals surface area (Å²) in [6.07, 6.45) is 3.70. The van der Waals surface area contributed by atoms with E-state index in [0.29, 0.717) is 11.5 Å². The van der Waals surface area contributed by atoms with E-state index in [4.69, 9.17) is 0 Å². The molecule has 3 rings (SSSR count). The monoisotopic (exact) mass is 350 g/mol. The fraction of sp³-hybridized carbons (Fsp3) is 0.150. The van der Waals surface area contributed by atoms with Crippen LogP contribution >= 0.6 is 0 Å². The van der Waals surface area contributed by atoms with E-state index in [-0.39, 0.29) is 17.4 Å². The first-order valence-electron chi connectivity index (χ1n) is 8.31. The molecule has 0 saturated heterocycles. The van der Waals surface area contributed by atoms with Crippen LogP contribution < -0.4 is 10.6 Å². The van der Waals surface area contributed by atoms with Crippen LogP contribution in [-0.2, 0) is 6.42 Å². The highest BCUT2D eigenvalue weighted by atomic mass is 19.1. The number of rotatable bonds is 5.